The number of hydrogen-bond acceptors (Lipinski definition) is 15. The lowest BCUT2D eigenvalue weighted by molar-refractivity contribution is -0.159. The first-order chi connectivity index (χ1) is 28.9. The van der Waals surface area contributed by atoms with Crippen molar-refractivity contribution in [2.24, 2.45) is 0 Å². The molecular weight excluding hydrogens is 791 g/mol. The fourth-order valence-corrected chi connectivity index (χ4v) is 12.9. The molecule has 12 rings (SSSR count). The molecule has 0 aliphatic carbocycles. The Balaban J connectivity index is 1.27. The number of fused-ring (bicyclic) bond motifs is 8. The Morgan fingerprint density at radius 3 is 2.62 bits per heavy atom. The summed E-state index contributed by atoms with van der Waals surface area (Å²) in [6, 6.07) is 8.14. The highest BCUT2D eigenvalue weighted by molar-refractivity contribution is 7.99. The van der Waals surface area contributed by atoms with Crippen LogP contribution in [-0.2, 0) is 32.7 Å². The zero-order valence-electron chi connectivity index (χ0n) is 34.3. The minimum atomic E-state index is -1.48. The SMILES string of the molecule is CCN1CC2(C#N)Cc3cc(C)c(OC)c(O)c3[C@H]1[C@@H]1[C@@H]3SC[C@]4(N[C@@H](CO)Cc5c4[nH]c4ccc(OC)cc54)C(=O)OC[C@@H](c4c5c(c(C)c(OC(C)=O)c43)OCO5)N12. The molecule has 0 amide bonds. The third-order valence-corrected chi connectivity index (χ3v) is 15.1. The third-order valence-electron chi connectivity index (χ3n) is 13.6. The number of piperazine rings is 1. The van der Waals surface area contributed by atoms with Gasteiger partial charge in [-0.2, -0.15) is 5.26 Å². The van der Waals surface area contributed by atoms with Gasteiger partial charge in [0.15, 0.2) is 28.5 Å². The van der Waals surface area contributed by atoms with E-state index in [1.165, 1.54) is 25.8 Å². The number of aromatic amines is 1. The number of rotatable bonds is 5. The Bertz CT molecular complexity index is 2550. The first-order valence-electron chi connectivity index (χ1n) is 20.3. The van der Waals surface area contributed by atoms with E-state index < -0.39 is 52.4 Å². The molecule has 3 aromatic carbocycles. The first-order valence-corrected chi connectivity index (χ1v) is 21.3. The van der Waals surface area contributed by atoms with Gasteiger partial charge in [-0.15, -0.1) is 11.8 Å². The number of aromatic hydroxyl groups is 1. The maximum absolute atomic E-state index is 15.2. The number of nitriles is 1. The van der Waals surface area contributed by atoms with E-state index in [-0.39, 0.29) is 37.9 Å². The minimum Gasteiger partial charge on any atom is -0.504 e. The van der Waals surface area contributed by atoms with Gasteiger partial charge in [0.25, 0.3) is 0 Å². The molecule has 4 N–H and O–H groups in total. The van der Waals surface area contributed by atoms with Crippen LogP contribution in [0.4, 0.5) is 0 Å². The van der Waals surface area contributed by atoms with E-state index in [0.29, 0.717) is 76.2 Å². The number of ether oxygens (including phenoxy) is 6. The molecule has 2 fully saturated rings. The predicted octanol–water partition coefficient (Wildman–Crippen LogP) is 4.52. The number of likely N-dealkylation sites (N-methyl/N-ethyl adjacent to an activating group) is 1. The Morgan fingerprint density at radius 2 is 1.90 bits per heavy atom. The summed E-state index contributed by atoms with van der Waals surface area (Å²) >= 11 is 1.48. The number of phenols is 1. The summed E-state index contributed by atoms with van der Waals surface area (Å²) in [6.07, 6.45) is 0.713. The lowest BCUT2D eigenvalue weighted by Gasteiger charge is -2.60. The summed E-state index contributed by atoms with van der Waals surface area (Å²) in [7, 11) is 3.14. The van der Waals surface area contributed by atoms with E-state index in [1.807, 2.05) is 38.1 Å². The number of carbonyl (C=O) groups excluding carboxylic acids is 2. The Labute approximate surface area is 350 Å². The first kappa shape index (κ1) is 39.0. The molecule has 0 saturated carbocycles. The number of esters is 2. The van der Waals surface area contributed by atoms with Crippen molar-refractivity contribution in [3.63, 3.8) is 0 Å². The summed E-state index contributed by atoms with van der Waals surface area (Å²) in [5.41, 5.74) is 3.81. The summed E-state index contributed by atoms with van der Waals surface area (Å²) in [6.45, 7) is 7.50. The predicted molar refractivity (Wildman–Crippen MR) is 219 cm³/mol. The molecule has 8 atom stereocenters. The molecule has 8 aliphatic rings. The summed E-state index contributed by atoms with van der Waals surface area (Å²) in [5.74, 6) is 1.29. The topological polar surface area (TPSA) is 188 Å². The van der Waals surface area contributed by atoms with Gasteiger partial charge in [-0.1, -0.05) is 13.0 Å². The molecule has 4 aromatic rings. The van der Waals surface area contributed by atoms with Crippen molar-refractivity contribution in [1.82, 2.24) is 20.1 Å². The van der Waals surface area contributed by atoms with E-state index in [0.717, 1.165) is 27.6 Å². The van der Waals surface area contributed by atoms with E-state index in [2.05, 4.69) is 33.1 Å². The molecule has 60 heavy (non-hydrogen) atoms. The zero-order chi connectivity index (χ0) is 42.0. The van der Waals surface area contributed by atoms with Crippen LogP contribution < -0.4 is 29.0 Å². The van der Waals surface area contributed by atoms with E-state index in [9.17, 15) is 20.3 Å². The number of thioether (sulfide) groups is 1. The fourth-order valence-electron chi connectivity index (χ4n) is 11.3. The number of aryl methyl sites for hydroxylation is 1. The van der Waals surface area contributed by atoms with Crippen LogP contribution in [0.3, 0.4) is 0 Å². The van der Waals surface area contributed by atoms with Crippen molar-refractivity contribution in [2.75, 3.05) is 53.1 Å². The van der Waals surface area contributed by atoms with Crippen LogP contribution in [0, 0.1) is 25.2 Å². The summed E-state index contributed by atoms with van der Waals surface area (Å²) in [4.78, 5) is 36.3. The van der Waals surface area contributed by atoms with Gasteiger partial charge in [0.1, 0.15) is 23.6 Å². The highest BCUT2D eigenvalue weighted by Gasteiger charge is 2.65. The van der Waals surface area contributed by atoms with Gasteiger partial charge in [-0.3, -0.25) is 19.9 Å². The molecule has 16 heteroatoms. The third kappa shape index (κ3) is 5.22. The van der Waals surface area contributed by atoms with Crippen LogP contribution in [0.5, 0.6) is 34.5 Å². The van der Waals surface area contributed by atoms with Crippen LogP contribution in [0.25, 0.3) is 10.9 Å². The lowest BCUT2D eigenvalue weighted by Crippen LogP contribution is -2.70. The average Bonchev–Trinajstić information content (AvgIpc) is 3.82. The fraction of sp³-hybridized carbons (Fsp3) is 0.477. The normalized spacial score (nSPS) is 29.8. The quantitative estimate of drug-likeness (QED) is 0.162. The highest BCUT2D eigenvalue weighted by Crippen LogP contribution is 2.66. The van der Waals surface area contributed by atoms with Gasteiger partial charge < -0.3 is 43.6 Å². The van der Waals surface area contributed by atoms with Crippen molar-refractivity contribution < 1.29 is 48.2 Å². The molecule has 4 bridgehead atoms. The number of benzene rings is 3. The smallest absolute Gasteiger partial charge is 0.333 e. The molecule has 314 valence electrons. The molecule has 2 unspecified atom stereocenters. The number of nitrogens with zero attached hydrogens (tertiary/aromatic N) is 3. The highest BCUT2D eigenvalue weighted by atomic mass is 32.2. The molecular formula is C44H47N5O10S. The largest absolute Gasteiger partial charge is 0.504 e. The van der Waals surface area contributed by atoms with Gasteiger partial charge in [-0.05, 0) is 61.7 Å². The Hall–Kier alpha value is -5.18. The summed E-state index contributed by atoms with van der Waals surface area (Å²) < 4.78 is 36.6. The van der Waals surface area contributed by atoms with Crippen molar-refractivity contribution in [1.29, 1.82) is 5.26 Å². The van der Waals surface area contributed by atoms with Crippen molar-refractivity contribution in [2.45, 2.75) is 81.0 Å². The number of carbonyl (C=O) groups is 2. The zero-order valence-corrected chi connectivity index (χ0v) is 35.1. The van der Waals surface area contributed by atoms with Gasteiger partial charge in [0.05, 0.1) is 49.9 Å². The molecule has 1 spiro atoms. The Kier molecular flexibility index (Phi) is 9.05. The van der Waals surface area contributed by atoms with Gasteiger partial charge in [0, 0.05) is 70.9 Å². The monoisotopic (exact) mass is 837 g/mol. The van der Waals surface area contributed by atoms with E-state index in [1.54, 1.807) is 7.11 Å². The number of aromatic nitrogens is 1. The number of methoxy groups -OCH3 is 2. The van der Waals surface area contributed by atoms with Gasteiger partial charge in [0.2, 0.25) is 6.79 Å². The molecule has 2 saturated heterocycles. The number of aliphatic hydroxyl groups is 1. The van der Waals surface area contributed by atoms with E-state index >= 15 is 4.79 Å². The van der Waals surface area contributed by atoms with Crippen molar-refractivity contribution in [3.05, 3.63) is 68.9 Å². The maximum atomic E-state index is 15.2. The molecule has 15 nitrogen and oxygen atoms in total. The molecule has 8 aliphatic heterocycles. The number of nitrogens with one attached hydrogen (secondary N) is 2. The average molecular weight is 838 g/mol. The molecule has 9 heterocycles. The van der Waals surface area contributed by atoms with Gasteiger partial charge >= 0.3 is 11.9 Å². The summed E-state index contributed by atoms with van der Waals surface area (Å²) in [5, 5.41) is 38.5. The van der Waals surface area contributed by atoms with Crippen LogP contribution in [0.15, 0.2) is 24.3 Å². The number of hydrogen-bond donors (Lipinski definition) is 4. The minimum absolute atomic E-state index is 0.0209. The van der Waals surface area contributed by atoms with Crippen molar-refractivity contribution >= 4 is 34.6 Å². The second-order valence-corrected chi connectivity index (χ2v) is 17.8. The van der Waals surface area contributed by atoms with Crippen LogP contribution >= 0.6 is 11.8 Å². The standard InChI is InChI=1S/C44H47N5O10S/c1-7-48-17-43(16-45)13-23-10-20(2)36(55-6)35(52)30(23)33(48)34-40-32-31(39-38(57-19-58-39)21(3)37(32)59-22(4)51)29(49(34)43)15-56-42(53)44(18-60-40)41-27(11-24(14-50)47-44)26-12-25(54-5)8-9-28(26)46-41/h8-10,12,24,29,33-34,40,46-47,50,52H,7,11,13-15,17-19H2,1-6H3/t24-,29+,33+,34-,40-,43?,44-/m1/s1. The van der Waals surface area contributed by atoms with Crippen molar-refractivity contribution in [3.8, 4) is 40.6 Å². The number of aliphatic hydroxyl groups excluding tert-OH is 1. The Morgan fingerprint density at radius 1 is 1.10 bits per heavy atom. The van der Waals surface area contributed by atoms with Crippen LogP contribution in [-0.4, -0.2) is 108 Å². The van der Waals surface area contributed by atoms with E-state index in [4.69, 9.17) is 28.4 Å². The molecule has 0 radical (unpaired) electrons. The second kappa shape index (κ2) is 13.9. The second-order valence-electron chi connectivity index (χ2n) is 16.7. The number of phenolic OH excluding ortho intramolecular Hbond substituents is 1. The van der Waals surface area contributed by atoms with Crippen LogP contribution in [0.1, 0.15) is 75.8 Å². The lowest BCUT2D eigenvalue weighted by atomic mass is 9.76. The number of H-pyrrole nitrogens is 1. The molecule has 1 aromatic heterocycles. The maximum Gasteiger partial charge on any atom is 0.333 e. The van der Waals surface area contributed by atoms with Crippen LogP contribution in [0.2, 0.25) is 0 Å². The van der Waals surface area contributed by atoms with Gasteiger partial charge in [-0.25, -0.2) is 4.79 Å².